The number of para-hydroxylation sites is 1. The van der Waals surface area contributed by atoms with E-state index in [4.69, 9.17) is 9.26 Å². The van der Waals surface area contributed by atoms with Gasteiger partial charge in [-0.05, 0) is 50.1 Å². The minimum atomic E-state index is -0.469. The van der Waals surface area contributed by atoms with Crippen molar-refractivity contribution in [3.05, 3.63) is 76.4 Å². The Labute approximate surface area is 150 Å². The molecule has 1 N–H and O–H groups in total. The van der Waals surface area contributed by atoms with Crippen LogP contribution in [0.5, 0.6) is 5.75 Å². The van der Waals surface area contributed by atoms with Gasteiger partial charge in [0, 0.05) is 5.69 Å². The van der Waals surface area contributed by atoms with Gasteiger partial charge in [-0.15, -0.1) is 0 Å². The van der Waals surface area contributed by atoms with Gasteiger partial charge in [-0.25, -0.2) is 4.39 Å². The Morgan fingerprint density at radius 3 is 2.69 bits per heavy atom. The fraction of sp³-hybridized carbons (Fsp3) is 0.200. The lowest BCUT2D eigenvalue weighted by molar-refractivity contribution is 0.101. The summed E-state index contributed by atoms with van der Waals surface area (Å²) in [5.41, 5.74) is 3.36. The number of nitrogens with one attached hydrogen (secondary N) is 1. The van der Waals surface area contributed by atoms with E-state index in [9.17, 15) is 9.18 Å². The van der Waals surface area contributed by atoms with Gasteiger partial charge in [0.1, 0.15) is 12.4 Å². The number of aryl methyl sites for hydroxylation is 2. The van der Waals surface area contributed by atoms with E-state index in [1.54, 1.807) is 19.1 Å². The summed E-state index contributed by atoms with van der Waals surface area (Å²) in [7, 11) is 0. The molecule has 1 heterocycles. The molecule has 0 aliphatic heterocycles. The van der Waals surface area contributed by atoms with Crippen LogP contribution in [0.25, 0.3) is 0 Å². The summed E-state index contributed by atoms with van der Waals surface area (Å²) >= 11 is 0. The van der Waals surface area contributed by atoms with Crippen LogP contribution in [0, 0.1) is 26.6 Å². The first-order chi connectivity index (χ1) is 12.5. The van der Waals surface area contributed by atoms with E-state index in [0.29, 0.717) is 17.0 Å². The molecule has 0 bridgehead atoms. The highest BCUT2D eigenvalue weighted by molar-refractivity contribution is 6.04. The molecule has 3 rings (SSSR count). The number of ether oxygens (including phenoxy) is 1. The van der Waals surface area contributed by atoms with Crippen LogP contribution in [0.1, 0.15) is 32.9 Å². The molecule has 0 spiro atoms. The number of nitrogens with zero attached hydrogens (tertiary/aromatic N) is 1. The number of anilines is 1. The zero-order valence-corrected chi connectivity index (χ0v) is 14.8. The summed E-state index contributed by atoms with van der Waals surface area (Å²) in [5, 5.41) is 6.68. The van der Waals surface area contributed by atoms with E-state index in [1.165, 1.54) is 12.1 Å². The predicted molar refractivity (Wildman–Crippen MR) is 95.8 cm³/mol. The second kappa shape index (κ2) is 7.39. The van der Waals surface area contributed by atoms with Gasteiger partial charge in [-0.1, -0.05) is 29.4 Å². The average Bonchev–Trinajstić information content (AvgIpc) is 2.99. The van der Waals surface area contributed by atoms with E-state index in [1.807, 2.05) is 32.0 Å². The molecule has 2 aromatic carbocycles. The highest BCUT2D eigenvalue weighted by Crippen LogP contribution is 2.23. The Balaban J connectivity index is 1.80. The first-order valence-corrected chi connectivity index (χ1v) is 8.17. The van der Waals surface area contributed by atoms with Crippen LogP contribution in [0.3, 0.4) is 0 Å². The third kappa shape index (κ3) is 3.59. The monoisotopic (exact) mass is 354 g/mol. The van der Waals surface area contributed by atoms with Crippen LogP contribution < -0.4 is 10.1 Å². The number of amides is 1. The molecular weight excluding hydrogens is 335 g/mol. The van der Waals surface area contributed by atoms with Crippen molar-refractivity contribution < 1.29 is 18.4 Å². The molecule has 26 heavy (non-hydrogen) atoms. The van der Waals surface area contributed by atoms with Crippen molar-refractivity contribution >= 4 is 11.6 Å². The number of halogens is 1. The second-order valence-corrected chi connectivity index (χ2v) is 5.99. The van der Waals surface area contributed by atoms with Crippen LogP contribution in [0.4, 0.5) is 10.1 Å². The van der Waals surface area contributed by atoms with Crippen LogP contribution in [0.2, 0.25) is 0 Å². The van der Waals surface area contributed by atoms with Gasteiger partial charge in [-0.3, -0.25) is 4.79 Å². The zero-order chi connectivity index (χ0) is 18.7. The van der Waals surface area contributed by atoms with Crippen LogP contribution in [-0.2, 0) is 6.61 Å². The normalized spacial score (nSPS) is 10.6. The molecule has 0 saturated heterocycles. The molecule has 0 aliphatic rings. The number of hydrogen-bond acceptors (Lipinski definition) is 4. The molecule has 5 nitrogen and oxygen atoms in total. The van der Waals surface area contributed by atoms with Crippen LogP contribution >= 0.6 is 0 Å². The third-order valence-corrected chi connectivity index (χ3v) is 4.26. The van der Waals surface area contributed by atoms with Gasteiger partial charge < -0.3 is 14.6 Å². The van der Waals surface area contributed by atoms with Crippen molar-refractivity contribution in [3.8, 4) is 5.75 Å². The van der Waals surface area contributed by atoms with Gasteiger partial charge in [0.15, 0.2) is 17.3 Å². The van der Waals surface area contributed by atoms with E-state index < -0.39 is 11.7 Å². The SMILES string of the molecule is Cc1cccc(NC(=O)c2noc(C)c2COc2ccccc2F)c1C. The second-order valence-electron chi connectivity index (χ2n) is 5.99. The highest BCUT2D eigenvalue weighted by atomic mass is 19.1. The van der Waals surface area contributed by atoms with Gasteiger partial charge >= 0.3 is 0 Å². The van der Waals surface area contributed by atoms with E-state index in [0.717, 1.165) is 11.1 Å². The van der Waals surface area contributed by atoms with Crippen molar-refractivity contribution in [2.45, 2.75) is 27.4 Å². The fourth-order valence-electron chi connectivity index (χ4n) is 2.52. The smallest absolute Gasteiger partial charge is 0.278 e. The molecule has 3 aromatic rings. The summed E-state index contributed by atoms with van der Waals surface area (Å²) in [4.78, 5) is 12.6. The summed E-state index contributed by atoms with van der Waals surface area (Å²) < 4.78 is 24.3. The van der Waals surface area contributed by atoms with Crippen molar-refractivity contribution in [1.82, 2.24) is 5.16 Å². The maximum Gasteiger partial charge on any atom is 0.278 e. The van der Waals surface area contributed by atoms with Crippen molar-refractivity contribution in [1.29, 1.82) is 0 Å². The number of carbonyl (C=O) groups is 1. The minimum Gasteiger partial charge on any atom is -0.486 e. The zero-order valence-electron chi connectivity index (χ0n) is 14.8. The first kappa shape index (κ1) is 17.7. The van der Waals surface area contributed by atoms with Crippen LogP contribution in [0.15, 0.2) is 47.0 Å². The maximum absolute atomic E-state index is 13.7. The predicted octanol–water partition coefficient (Wildman–Crippen LogP) is 4.57. The lowest BCUT2D eigenvalue weighted by Gasteiger charge is -2.10. The standard InChI is InChI=1S/C20H19FN2O3/c1-12-7-6-9-17(13(12)2)22-20(24)19-15(14(3)26-23-19)11-25-18-10-5-4-8-16(18)21/h4-10H,11H2,1-3H3,(H,22,24). The van der Waals surface area contributed by atoms with Gasteiger partial charge in [0.25, 0.3) is 5.91 Å². The quantitative estimate of drug-likeness (QED) is 0.729. The summed E-state index contributed by atoms with van der Waals surface area (Å²) in [5.74, 6) is -0.313. The largest absolute Gasteiger partial charge is 0.486 e. The van der Waals surface area contributed by atoms with E-state index in [-0.39, 0.29) is 18.1 Å². The molecule has 0 radical (unpaired) electrons. The Kier molecular flexibility index (Phi) is 5.02. The van der Waals surface area contributed by atoms with E-state index >= 15 is 0 Å². The molecule has 134 valence electrons. The molecule has 0 fully saturated rings. The molecule has 1 amide bonds. The average molecular weight is 354 g/mol. The molecule has 6 heteroatoms. The van der Waals surface area contributed by atoms with Crippen molar-refractivity contribution in [2.75, 3.05) is 5.32 Å². The van der Waals surface area contributed by atoms with Crippen LogP contribution in [-0.4, -0.2) is 11.1 Å². The topological polar surface area (TPSA) is 64.4 Å². The van der Waals surface area contributed by atoms with E-state index in [2.05, 4.69) is 10.5 Å². The molecule has 0 atom stereocenters. The number of hydrogen-bond donors (Lipinski definition) is 1. The van der Waals surface area contributed by atoms with Gasteiger partial charge in [0.05, 0.1) is 5.56 Å². The highest BCUT2D eigenvalue weighted by Gasteiger charge is 2.21. The summed E-state index contributed by atoms with van der Waals surface area (Å²) in [6, 6.07) is 11.7. The Morgan fingerprint density at radius 1 is 1.15 bits per heavy atom. The van der Waals surface area contributed by atoms with Gasteiger partial charge in [0.2, 0.25) is 0 Å². The lowest BCUT2D eigenvalue weighted by Crippen LogP contribution is -2.16. The van der Waals surface area contributed by atoms with Gasteiger partial charge in [-0.2, -0.15) is 0 Å². The minimum absolute atomic E-state index is 0.0220. The number of carbonyl (C=O) groups excluding carboxylic acids is 1. The number of rotatable bonds is 5. The lowest BCUT2D eigenvalue weighted by atomic mass is 10.1. The summed E-state index contributed by atoms with van der Waals surface area (Å²) in [6.07, 6.45) is 0. The maximum atomic E-state index is 13.7. The summed E-state index contributed by atoms with van der Waals surface area (Å²) in [6.45, 7) is 5.56. The molecule has 0 unspecified atom stereocenters. The molecular formula is C20H19FN2O3. The Morgan fingerprint density at radius 2 is 1.92 bits per heavy atom. The first-order valence-electron chi connectivity index (χ1n) is 8.17. The van der Waals surface area contributed by atoms with Crippen molar-refractivity contribution in [3.63, 3.8) is 0 Å². The number of aromatic nitrogens is 1. The fourth-order valence-corrected chi connectivity index (χ4v) is 2.52. The third-order valence-electron chi connectivity index (χ3n) is 4.26. The number of benzene rings is 2. The Hall–Kier alpha value is -3.15. The molecule has 0 saturated carbocycles. The Bertz CT molecular complexity index is 950. The van der Waals surface area contributed by atoms with Crippen molar-refractivity contribution in [2.24, 2.45) is 0 Å². The molecule has 1 aromatic heterocycles. The molecule has 0 aliphatic carbocycles.